The number of unbranched alkanes of at least 4 members (excludes halogenated alkanes) is 8. The van der Waals surface area contributed by atoms with Gasteiger partial charge in [-0.15, -0.1) is 0 Å². The van der Waals surface area contributed by atoms with E-state index in [0.29, 0.717) is 12.4 Å². The maximum absolute atomic E-state index is 13.8. The van der Waals surface area contributed by atoms with Gasteiger partial charge >= 0.3 is 10.4 Å². The molecular formula is C48H78N4O25S. The number of hydrogen-bond donors (Lipinski definition) is 14. The first-order valence-corrected chi connectivity index (χ1v) is 27.3. The topological polar surface area (TPSA) is 436 Å². The molecule has 0 bridgehead atoms. The smallest absolute Gasteiger partial charge is 0.397 e. The van der Waals surface area contributed by atoms with Crippen LogP contribution in [0.1, 0.15) is 95.8 Å². The van der Waals surface area contributed by atoms with Crippen molar-refractivity contribution < 1.29 is 120 Å². The van der Waals surface area contributed by atoms with E-state index in [1.807, 2.05) is 0 Å². The van der Waals surface area contributed by atoms with Crippen LogP contribution in [-0.4, -0.2) is 238 Å². The Labute approximate surface area is 451 Å². The van der Waals surface area contributed by atoms with E-state index in [4.69, 9.17) is 37.9 Å². The highest BCUT2D eigenvalue weighted by Gasteiger charge is 2.56. The van der Waals surface area contributed by atoms with Crippen molar-refractivity contribution in [2.24, 2.45) is 0 Å². The maximum Gasteiger partial charge on any atom is 0.397 e. The van der Waals surface area contributed by atoms with Gasteiger partial charge in [0.1, 0.15) is 103 Å². The third-order valence-electron chi connectivity index (χ3n) is 13.6. The molecule has 29 nitrogen and oxygen atoms in total. The van der Waals surface area contributed by atoms with Gasteiger partial charge in [0.25, 0.3) is 5.91 Å². The molecule has 4 aliphatic rings. The summed E-state index contributed by atoms with van der Waals surface area (Å²) in [5.74, 6) is -2.81. The molecule has 1 aromatic rings. The van der Waals surface area contributed by atoms with E-state index in [-0.39, 0.29) is 5.56 Å². The first-order valence-electron chi connectivity index (χ1n) is 26.0. The average molecular weight is 1140 g/mol. The number of aliphatic hydroxyl groups is 9. The Balaban J connectivity index is 1.34. The lowest BCUT2D eigenvalue weighted by Crippen LogP contribution is -2.71. The Morgan fingerprint density at radius 2 is 0.987 bits per heavy atom. The van der Waals surface area contributed by atoms with E-state index in [2.05, 4.69) is 32.4 Å². The van der Waals surface area contributed by atoms with Crippen LogP contribution in [0.25, 0.3) is 0 Å². The SMILES string of the molecule is CCCCCCCCCCCOc1cccc(C(=O)N[C@@H]2C(O[C@H]3C(O)C(NC(C)=O)C(OC4C(CO)OC(O[C@H]5C(O)C(NC(C)=O)C(O)O[C@H]5COS(=O)(=O)O)[C@@H](NC(C)=O)[C@H]4O)O[C@H]3CO)OC(CO)[C@@H](O)[C@@H]2O)c1. The predicted molar refractivity (Wildman–Crippen MR) is 264 cm³/mol. The standard InChI is InChI=1S/C48H78N4O25S/c1-5-6-7-8-9-10-11-12-13-17-69-27-16-14-15-26(18-27)44(64)52-33-37(60)36(59)28(19-53)72-46(33)75-41-29(20-54)73-47(34(39(41)62)50-24(3)57)76-42-30(21-55)74-48(35(40(42)63)51-25(4)58)77-43-31(22-70-78(66,67)68)71-45(65)32(38(43)61)49-23(2)56/h14-16,18,28-43,45-48,53-55,59-63,65H,5-13,17,19-22H2,1-4H3,(H,49,56)(H,50,57)(H,51,58)(H,52,64)(H,66,67,68)/t28?,29-,30?,31-,32?,33-,34?,35-,36+,37+,38?,39?,40+,41+,42?,43+,45?,46?,47?,48?/m0/s1. The molecule has 30 heteroatoms. The Morgan fingerprint density at radius 3 is 1.46 bits per heavy atom. The van der Waals surface area contributed by atoms with Gasteiger partial charge in [0, 0.05) is 26.3 Å². The lowest BCUT2D eigenvalue weighted by molar-refractivity contribution is -0.361. The molecule has 4 amide bonds. The molecular weight excluding hydrogens is 1060 g/mol. The first-order chi connectivity index (χ1) is 37.0. The zero-order valence-corrected chi connectivity index (χ0v) is 44.6. The Hall–Kier alpha value is -3.87. The van der Waals surface area contributed by atoms with Gasteiger partial charge in [0.05, 0.1) is 33.0 Å². The molecule has 1 aromatic carbocycles. The molecule has 5 rings (SSSR count). The minimum absolute atomic E-state index is 0.0727. The van der Waals surface area contributed by atoms with Gasteiger partial charge in [-0.05, 0) is 24.6 Å². The van der Waals surface area contributed by atoms with E-state index in [1.165, 1.54) is 44.2 Å². The van der Waals surface area contributed by atoms with Gasteiger partial charge in [-0.3, -0.25) is 23.7 Å². The largest absolute Gasteiger partial charge is 0.494 e. The molecule has 11 unspecified atom stereocenters. The van der Waals surface area contributed by atoms with Gasteiger partial charge in [-0.1, -0.05) is 64.4 Å². The molecule has 0 spiro atoms. The number of nitrogens with one attached hydrogen (secondary N) is 4. The highest BCUT2D eigenvalue weighted by molar-refractivity contribution is 7.80. The second kappa shape index (κ2) is 30.8. The van der Waals surface area contributed by atoms with Gasteiger partial charge in [0.15, 0.2) is 25.2 Å². The summed E-state index contributed by atoms with van der Waals surface area (Å²) in [6.45, 7) is 1.68. The fourth-order valence-electron chi connectivity index (χ4n) is 9.64. The summed E-state index contributed by atoms with van der Waals surface area (Å²) < 4.78 is 84.0. The van der Waals surface area contributed by atoms with Crippen LogP contribution in [0.2, 0.25) is 0 Å². The fraction of sp³-hybridized carbons (Fsp3) is 0.792. The lowest BCUT2D eigenvalue weighted by atomic mass is 9.93. The number of ether oxygens (including phenoxy) is 8. The van der Waals surface area contributed by atoms with E-state index in [0.717, 1.165) is 46.5 Å². The Morgan fingerprint density at radius 1 is 0.551 bits per heavy atom. The van der Waals surface area contributed by atoms with Crippen molar-refractivity contribution in [3.63, 3.8) is 0 Å². The summed E-state index contributed by atoms with van der Waals surface area (Å²) in [5.41, 5.74) is 0.0727. The normalized spacial score (nSPS) is 35.3. The van der Waals surface area contributed by atoms with Crippen molar-refractivity contribution in [1.29, 1.82) is 0 Å². The number of aliphatic hydroxyl groups excluding tert-OH is 9. The minimum Gasteiger partial charge on any atom is -0.494 e. The summed E-state index contributed by atoms with van der Waals surface area (Å²) in [4.78, 5) is 51.1. The monoisotopic (exact) mass is 1140 g/mol. The van der Waals surface area contributed by atoms with E-state index >= 15 is 0 Å². The van der Waals surface area contributed by atoms with Crippen LogP contribution < -0.4 is 26.0 Å². The molecule has 0 aliphatic carbocycles. The van der Waals surface area contributed by atoms with Crippen molar-refractivity contribution in [2.45, 2.75) is 208 Å². The molecule has 4 aliphatic heterocycles. The third-order valence-corrected chi connectivity index (χ3v) is 14.0. The van der Waals surface area contributed by atoms with Crippen LogP contribution in [0.15, 0.2) is 24.3 Å². The van der Waals surface area contributed by atoms with Crippen molar-refractivity contribution in [3.8, 4) is 5.75 Å². The van der Waals surface area contributed by atoms with Crippen molar-refractivity contribution in [2.75, 3.05) is 33.0 Å². The number of rotatable bonds is 28. The number of carbonyl (C=O) groups excluding carboxylic acids is 4. The van der Waals surface area contributed by atoms with E-state index in [9.17, 15) is 78.1 Å². The van der Waals surface area contributed by atoms with Crippen molar-refractivity contribution in [1.82, 2.24) is 21.3 Å². The Kier molecular flexibility index (Phi) is 25.7. The summed E-state index contributed by atoms with van der Waals surface area (Å²) in [5, 5.41) is 109. The summed E-state index contributed by atoms with van der Waals surface area (Å²) >= 11 is 0. The lowest BCUT2D eigenvalue weighted by Gasteiger charge is -2.51. The van der Waals surface area contributed by atoms with Crippen LogP contribution in [-0.2, 0) is 62.1 Å². The molecule has 0 aromatic heterocycles. The number of benzene rings is 1. The third kappa shape index (κ3) is 18.1. The van der Waals surface area contributed by atoms with Gasteiger partial charge in [0.2, 0.25) is 17.7 Å². The number of amides is 4. The highest BCUT2D eigenvalue weighted by atomic mass is 32.3. The summed E-state index contributed by atoms with van der Waals surface area (Å²) in [6.07, 6.45) is -19.4. The molecule has 4 fully saturated rings. The quantitative estimate of drug-likeness (QED) is 0.0280. The molecule has 20 atom stereocenters. The molecule has 14 N–H and O–H groups in total. The van der Waals surface area contributed by atoms with Crippen molar-refractivity contribution >= 4 is 34.0 Å². The van der Waals surface area contributed by atoms with Crippen LogP contribution in [0, 0.1) is 0 Å². The fourth-order valence-corrected chi connectivity index (χ4v) is 9.95. The van der Waals surface area contributed by atoms with E-state index in [1.54, 1.807) is 12.1 Å². The van der Waals surface area contributed by atoms with Crippen molar-refractivity contribution in [3.05, 3.63) is 29.8 Å². The van der Waals surface area contributed by atoms with Gasteiger partial charge in [-0.2, -0.15) is 8.42 Å². The zero-order valence-electron chi connectivity index (χ0n) is 43.8. The van der Waals surface area contributed by atoms with E-state index < -0.39 is 183 Å². The average Bonchev–Trinajstić information content (AvgIpc) is 3.47. The van der Waals surface area contributed by atoms with Crippen LogP contribution in [0.5, 0.6) is 5.75 Å². The zero-order chi connectivity index (χ0) is 57.4. The van der Waals surface area contributed by atoms with Crippen LogP contribution in [0.3, 0.4) is 0 Å². The predicted octanol–water partition coefficient (Wildman–Crippen LogP) is -4.14. The highest BCUT2D eigenvalue weighted by Crippen LogP contribution is 2.35. The van der Waals surface area contributed by atoms with Gasteiger partial charge in [-0.25, -0.2) is 4.18 Å². The van der Waals surface area contributed by atoms with Gasteiger partial charge < -0.3 is 105 Å². The molecule has 78 heavy (non-hydrogen) atoms. The summed E-state index contributed by atoms with van der Waals surface area (Å²) in [7, 11) is -5.16. The molecule has 0 saturated carbocycles. The molecule has 446 valence electrons. The molecule has 4 saturated heterocycles. The number of carbonyl (C=O) groups is 4. The molecule has 0 radical (unpaired) electrons. The number of hydrogen-bond acceptors (Lipinski definition) is 24. The minimum atomic E-state index is -5.16. The maximum atomic E-state index is 13.8. The second-order valence-corrected chi connectivity index (χ2v) is 20.7. The van der Waals surface area contributed by atoms with Crippen LogP contribution in [0.4, 0.5) is 0 Å². The second-order valence-electron chi connectivity index (χ2n) is 19.6. The summed E-state index contributed by atoms with van der Waals surface area (Å²) in [6, 6.07) is -0.593. The Bertz CT molecular complexity index is 2170. The van der Waals surface area contributed by atoms with Crippen LogP contribution >= 0.6 is 0 Å². The first kappa shape index (κ1) is 64.9. The molecule has 4 heterocycles.